The van der Waals surface area contributed by atoms with Crippen molar-refractivity contribution >= 4 is 5.82 Å². The van der Waals surface area contributed by atoms with Crippen molar-refractivity contribution in [1.82, 2.24) is 9.97 Å². The molecule has 4 nitrogen and oxygen atoms in total. The average molecular weight is 242 g/mol. The Hall–Kier alpha value is -1.94. The third-order valence-electron chi connectivity index (χ3n) is 2.86. The molecule has 0 aliphatic carbocycles. The number of rotatable bonds is 4. The molecular weight excluding hydrogens is 224 g/mol. The van der Waals surface area contributed by atoms with Gasteiger partial charge in [-0.3, -0.25) is 4.98 Å². The SMILES string of the molecule is C[C@@H](N)c1ccc(N(C)Cc2ccncc2)nc1. The summed E-state index contributed by atoms with van der Waals surface area (Å²) in [6, 6.07) is 8.06. The average Bonchev–Trinajstić information content (AvgIpc) is 2.40. The van der Waals surface area contributed by atoms with Crippen LogP contribution in [0.25, 0.3) is 0 Å². The highest BCUT2D eigenvalue weighted by molar-refractivity contribution is 5.39. The van der Waals surface area contributed by atoms with Crippen LogP contribution >= 0.6 is 0 Å². The Kier molecular flexibility index (Phi) is 3.89. The van der Waals surface area contributed by atoms with E-state index in [0.29, 0.717) is 0 Å². The van der Waals surface area contributed by atoms with Crippen molar-refractivity contribution in [3.8, 4) is 0 Å². The number of hydrogen-bond acceptors (Lipinski definition) is 4. The van der Waals surface area contributed by atoms with Crippen molar-refractivity contribution in [3.05, 3.63) is 54.0 Å². The van der Waals surface area contributed by atoms with Crippen LogP contribution in [0, 0.1) is 0 Å². The van der Waals surface area contributed by atoms with Crippen molar-refractivity contribution in [3.63, 3.8) is 0 Å². The van der Waals surface area contributed by atoms with E-state index in [-0.39, 0.29) is 6.04 Å². The van der Waals surface area contributed by atoms with Gasteiger partial charge in [0.1, 0.15) is 5.82 Å². The summed E-state index contributed by atoms with van der Waals surface area (Å²) in [5, 5.41) is 0. The van der Waals surface area contributed by atoms with Gasteiger partial charge in [0.15, 0.2) is 0 Å². The topological polar surface area (TPSA) is 55.0 Å². The van der Waals surface area contributed by atoms with Crippen molar-refractivity contribution in [2.75, 3.05) is 11.9 Å². The quantitative estimate of drug-likeness (QED) is 0.892. The molecule has 0 fully saturated rings. The molecule has 0 bridgehead atoms. The normalized spacial score (nSPS) is 12.2. The summed E-state index contributed by atoms with van der Waals surface area (Å²) in [6.07, 6.45) is 5.44. The van der Waals surface area contributed by atoms with E-state index in [1.807, 2.05) is 44.4 Å². The van der Waals surface area contributed by atoms with Crippen LogP contribution in [0.4, 0.5) is 5.82 Å². The van der Waals surface area contributed by atoms with Gasteiger partial charge in [-0.25, -0.2) is 4.98 Å². The first-order chi connectivity index (χ1) is 8.66. The van der Waals surface area contributed by atoms with Crippen LogP contribution in [0.1, 0.15) is 24.1 Å². The fraction of sp³-hybridized carbons (Fsp3) is 0.286. The molecule has 2 aromatic rings. The third kappa shape index (κ3) is 3.05. The summed E-state index contributed by atoms with van der Waals surface area (Å²) in [6.45, 7) is 2.77. The Labute approximate surface area is 107 Å². The molecule has 2 N–H and O–H groups in total. The first-order valence-electron chi connectivity index (χ1n) is 5.98. The lowest BCUT2D eigenvalue weighted by Gasteiger charge is -2.18. The Balaban J connectivity index is 2.07. The number of aromatic nitrogens is 2. The van der Waals surface area contributed by atoms with Crippen LogP contribution in [-0.2, 0) is 6.54 Å². The van der Waals surface area contributed by atoms with E-state index in [0.717, 1.165) is 17.9 Å². The smallest absolute Gasteiger partial charge is 0.128 e. The molecule has 2 heterocycles. The summed E-state index contributed by atoms with van der Waals surface area (Å²) in [5.41, 5.74) is 8.07. The molecule has 0 spiro atoms. The first kappa shape index (κ1) is 12.5. The van der Waals surface area contributed by atoms with E-state index in [1.54, 1.807) is 12.4 Å². The highest BCUT2D eigenvalue weighted by atomic mass is 15.2. The van der Waals surface area contributed by atoms with E-state index in [1.165, 1.54) is 5.56 Å². The first-order valence-corrected chi connectivity index (χ1v) is 5.98. The molecule has 0 aromatic carbocycles. The zero-order valence-electron chi connectivity index (χ0n) is 10.7. The molecule has 0 unspecified atom stereocenters. The largest absolute Gasteiger partial charge is 0.355 e. The summed E-state index contributed by atoms with van der Waals surface area (Å²) < 4.78 is 0. The van der Waals surface area contributed by atoms with E-state index < -0.39 is 0 Å². The van der Waals surface area contributed by atoms with Crippen molar-refractivity contribution in [2.24, 2.45) is 5.73 Å². The fourth-order valence-electron chi connectivity index (χ4n) is 1.74. The molecule has 0 aliphatic heterocycles. The number of nitrogens with zero attached hydrogens (tertiary/aromatic N) is 3. The summed E-state index contributed by atoms with van der Waals surface area (Å²) in [5.74, 6) is 0.941. The standard InChI is InChI=1S/C14H18N4/c1-11(15)13-3-4-14(17-9-13)18(2)10-12-5-7-16-8-6-12/h3-9,11H,10,15H2,1-2H3/t11-/m1/s1. The van der Waals surface area contributed by atoms with Crippen LogP contribution in [0.3, 0.4) is 0 Å². The van der Waals surface area contributed by atoms with Gasteiger partial charge in [-0.1, -0.05) is 6.07 Å². The summed E-state index contributed by atoms with van der Waals surface area (Å²) >= 11 is 0. The molecule has 18 heavy (non-hydrogen) atoms. The minimum absolute atomic E-state index is 0.0250. The van der Waals surface area contributed by atoms with Gasteiger partial charge in [-0.15, -0.1) is 0 Å². The monoisotopic (exact) mass is 242 g/mol. The molecule has 2 aromatic heterocycles. The van der Waals surface area contributed by atoms with Crippen LogP contribution in [-0.4, -0.2) is 17.0 Å². The minimum Gasteiger partial charge on any atom is -0.355 e. The zero-order chi connectivity index (χ0) is 13.0. The van der Waals surface area contributed by atoms with Gasteiger partial charge in [-0.2, -0.15) is 0 Å². The van der Waals surface area contributed by atoms with Gasteiger partial charge in [0, 0.05) is 38.2 Å². The molecular formula is C14H18N4. The second-order valence-electron chi connectivity index (χ2n) is 4.45. The summed E-state index contributed by atoms with van der Waals surface area (Å²) in [4.78, 5) is 10.5. The maximum absolute atomic E-state index is 5.80. The number of pyridine rings is 2. The van der Waals surface area contributed by atoms with Crippen molar-refractivity contribution in [1.29, 1.82) is 0 Å². The van der Waals surface area contributed by atoms with Crippen LogP contribution in [0.15, 0.2) is 42.9 Å². The fourth-order valence-corrected chi connectivity index (χ4v) is 1.74. The molecule has 0 amide bonds. The predicted molar refractivity (Wildman–Crippen MR) is 73.2 cm³/mol. The molecule has 0 radical (unpaired) electrons. The molecule has 2 rings (SSSR count). The van der Waals surface area contributed by atoms with Gasteiger partial charge in [-0.05, 0) is 36.2 Å². The maximum Gasteiger partial charge on any atom is 0.128 e. The Morgan fingerprint density at radius 1 is 1.22 bits per heavy atom. The lowest BCUT2D eigenvalue weighted by Crippen LogP contribution is -2.18. The van der Waals surface area contributed by atoms with E-state index >= 15 is 0 Å². The Bertz CT molecular complexity index is 479. The Morgan fingerprint density at radius 3 is 2.50 bits per heavy atom. The summed E-state index contributed by atoms with van der Waals surface area (Å²) in [7, 11) is 2.02. The molecule has 1 atom stereocenters. The van der Waals surface area contributed by atoms with Gasteiger partial charge in [0.25, 0.3) is 0 Å². The van der Waals surface area contributed by atoms with Crippen molar-refractivity contribution in [2.45, 2.75) is 19.5 Å². The lowest BCUT2D eigenvalue weighted by atomic mass is 10.1. The van der Waals surface area contributed by atoms with Gasteiger partial charge >= 0.3 is 0 Å². The lowest BCUT2D eigenvalue weighted by molar-refractivity contribution is 0.807. The zero-order valence-corrected chi connectivity index (χ0v) is 10.7. The van der Waals surface area contributed by atoms with Crippen LogP contribution in [0.5, 0.6) is 0 Å². The number of anilines is 1. The van der Waals surface area contributed by atoms with E-state index in [2.05, 4.69) is 14.9 Å². The molecule has 0 saturated heterocycles. The molecule has 94 valence electrons. The van der Waals surface area contributed by atoms with E-state index in [4.69, 9.17) is 5.73 Å². The van der Waals surface area contributed by atoms with Crippen LogP contribution < -0.4 is 10.6 Å². The minimum atomic E-state index is 0.0250. The molecule has 0 aliphatic rings. The molecule has 0 saturated carbocycles. The number of nitrogens with two attached hydrogens (primary N) is 1. The van der Waals surface area contributed by atoms with Crippen molar-refractivity contribution < 1.29 is 0 Å². The Morgan fingerprint density at radius 2 is 1.94 bits per heavy atom. The second kappa shape index (κ2) is 5.60. The second-order valence-corrected chi connectivity index (χ2v) is 4.45. The van der Waals surface area contributed by atoms with E-state index in [9.17, 15) is 0 Å². The highest BCUT2D eigenvalue weighted by Crippen LogP contribution is 2.15. The number of hydrogen-bond donors (Lipinski definition) is 1. The van der Waals surface area contributed by atoms with Gasteiger partial charge < -0.3 is 10.6 Å². The van der Waals surface area contributed by atoms with Crippen LogP contribution in [0.2, 0.25) is 0 Å². The molecule has 4 heteroatoms. The van der Waals surface area contributed by atoms with Gasteiger partial charge in [0.05, 0.1) is 0 Å². The highest BCUT2D eigenvalue weighted by Gasteiger charge is 2.05. The third-order valence-corrected chi connectivity index (χ3v) is 2.86. The maximum atomic E-state index is 5.80. The van der Waals surface area contributed by atoms with Gasteiger partial charge in [0.2, 0.25) is 0 Å². The predicted octanol–water partition coefficient (Wildman–Crippen LogP) is 2.13.